The molecule has 0 radical (unpaired) electrons. The smallest absolute Gasteiger partial charge is 0.182 e. The van der Waals surface area contributed by atoms with E-state index in [1.807, 2.05) is 30.3 Å². The highest BCUT2D eigenvalue weighted by Gasteiger charge is 2.17. The molecule has 1 aliphatic heterocycles. The minimum absolute atomic E-state index is 0.657. The van der Waals surface area contributed by atoms with Crippen molar-refractivity contribution >= 4 is 22.5 Å². The maximum atomic E-state index is 6.22. The van der Waals surface area contributed by atoms with Crippen molar-refractivity contribution in [2.75, 3.05) is 6.54 Å². The molecular formula is C14H12ClN5. The summed E-state index contributed by atoms with van der Waals surface area (Å²) in [7, 11) is 0. The van der Waals surface area contributed by atoms with E-state index in [1.54, 1.807) is 0 Å². The van der Waals surface area contributed by atoms with Crippen LogP contribution in [0.2, 0.25) is 5.02 Å². The first-order valence-electron chi connectivity index (χ1n) is 6.51. The van der Waals surface area contributed by atoms with Crippen LogP contribution in [-0.4, -0.2) is 26.3 Å². The average Bonchev–Trinajstić information content (AvgIpc) is 2.91. The lowest BCUT2D eigenvalue weighted by atomic mass is 10.2. The molecule has 0 unspecified atom stereocenters. The molecule has 1 N–H and O–H groups in total. The van der Waals surface area contributed by atoms with Gasteiger partial charge in [0.05, 0.1) is 17.1 Å². The van der Waals surface area contributed by atoms with Gasteiger partial charge in [0.15, 0.2) is 5.82 Å². The summed E-state index contributed by atoms with van der Waals surface area (Å²) in [6, 6.07) is 9.77. The molecule has 0 spiro atoms. The molecule has 3 aromatic rings. The van der Waals surface area contributed by atoms with E-state index in [0.29, 0.717) is 5.02 Å². The molecule has 0 saturated heterocycles. The third-order valence-electron chi connectivity index (χ3n) is 3.52. The van der Waals surface area contributed by atoms with Crippen LogP contribution in [0.25, 0.3) is 22.4 Å². The summed E-state index contributed by atoms with van der Waals surface area (Å²) in [4.78, 5) is 4.65. The van der Waals surface area contributed by atoms with Gasteiger partial charge in [0.25, 0.3) is 0 Å². The molecule has 20 heavy (non-hydrogen) atoms. The largest absolute Gasteiger partial charge is 0.308 e. The van der Waals surface area contributed by atoms with E-state index in [-0.39, 0.29) is 0 Å². The third-order valence-corrected chi connectivity index (χ3v) is 3.83. The van der Waals surface area contributed by atoms with Gasteiger partial charge in [-0.05, 0) is 12.1 Å². The minimum Gasteiger partial charge on any atom is -0.308 e. The number of aromatic nitrogens is 4. The van der Waals surface area contributed by atoms with Crippen molar-refractivity contribution in [1.82, 2.24) is 25.1 Å². The highest BCUT2D eigenvalue weighted by Crippen LogP contribution is 2.25. The normalized spacial score (nSPS) is 14.4. The fraction of sp³-hybridized carbons (Fsp3) is 0.214. The van der Waals surface area contributed by atoms with Crippen molar-refractivity contribution < 1.29 is 0 Å². The van der Waals surface area contributed by atoms with E-state index < -0.39 is 0 Å². The number of nitrogens with one attached hydrogen (secondary N) is 1. The van der Waals surface area contributed by atoms with Crippen molar-refractivity contribution in [3.8, 4) is 11.5 Å². The Morgan fingerprint density at radius 1 is 1.15 bits per heavy atom. The Hall–Kier alpha value is -1.98. The molecule has 100 valence electrons. The Morgan fingerprint density at radius 3 is 3.05 bits per heavy atom. The van der Waals surface area contributed by atoms with Crippen LogP contribution in [0.15, 0.2) is 30.3 Å². The summed E-state index contributed by atoms with van der Waals surface area (Å²) in [6.07, 6.45) is 0. The van der Waals surface area contributed by atoms with Gasteiger partial charge in [-0.3, -0.25) is 0 Å². The summed E-state index contributed by atoms with van der Waals surface area (Å²) in [5.41, 5.74) is 1.62. The Balaban J connectivity index is 1.90. The fourth-order valence-electron chi connectivity index (χ4n) is 2.52. The van der Waals surface area contributed by atoms with Crippen LogP contribution in [0.3, 0.4) is 0 Å². The van der Waals surface area contributed by atoms with Gasteiger partial charge in [0.2, 0.25) is 0 Å². The number of nitrogens with zero attached hydrogens (tertiary/aromatic N) is 4. The third kappa shape index (κ3) is 1.78. The first-order chi connectivity index (χ1) is 9.83. The number of rotatable bonds is 1. The first kappa shape index (κ1) is 11.8. The highest BCUT2D eigenvalue weighted by atomic mass is 35.5. The lowest BCUT2D eigenvalue weighted by Crippen LogP contribution is -2.28. The molecule has 0 bridgehead atoms. The molecule has 0 atom stereocenters. The summed E-state index contributed by atoms with van der Waals surface area (Å²) < 4.78 is 2.11. The van der Waals surface area contributed by atoms with E-state index >= 15 is 0 Å². The maximum Gasteiger partial charge on any atom is 0.182 e. The van der Waals surface area contributed by atoms with Crippen LogP contribution in [0.5, 0.6) is 0 Å². The Bertz CT molecular complexity index is 795. The molecule has 3 heterocycles. The second-order valence-electron chi connectivity index (χ2n) is 4.78. The molecule has 0 aliphatic carbocycles. The molecule has 4 rings (SSSR count). The molecule has 0 fully saturated rings. The lowest BCUT2D eigenvalue weighted by Gasteiger charge is -2.15. The summed E-state index contributed by atoms with van der Waals surface area (Å²) in [5.74, 6) is 1.76. The van der Waals surface area contributed by atoms with E-state index in [0.717, 1.165) is 47.9 Å². The second-order valence-corrected chi connectivity index (χ2v) is 5.18. The van der Waals surface area contributed by atoms with Gasteiger partial charge in [0.1, 0.15) is 11.5 Å². The van der Waals surface area contributed by atoms with Crippen molar-refractivity contribution in [1.29, 1.82) is 0 Å². The summed E-state index contributed by atoms with van der Waals surface area (Å²) in [5, 5.41) is 13.5. The van der Waals surface area contributed by atoms with Crippen LogP contribution in [0, 0.1) is 0 Å². The molecule has 0 saturated carbocycles. The zero-order valence-electron chi connectivity index (χ0n) is 10.7. The standard InChI is InChI=1S/C14H12ClN5/c15-10-3-1-2-9-4-5-11(17-13(9)10)14-19-18-12-8-16-6-7-20(12)14/h1-5,16H,6-8H2. The number of hydrogen-bond donors (Lipinski definition) is 1. The number of benzene rings is 1. The van der Waals surface area contributed by atoms with Gasteiger partial charge < -0.3 is 9.88 Å². The van der Waals surface area contributed by atoms with Crippen LogP contribution in [0.1, 0.15) is 5.82 Å². The Kier molecular flexibility index (Phi) is 2.68. The quantitative estimate of drug-likeness (QED) is 0.745. The zero-order valence-corrected chi connectivity index (χ0v) is 11.4. The van der Waals surface area contributed by atoms with Gasteiger partial charge in [-0.15, -0.1) is 10.2 Å². The van der Waals surface area contributed by atoms with E-state index in [2.05, 4.69) is 25.1 Å². The van der Waals surface area contributed by atoms with Crippen LogP contribution in [0.4, 0.5) is 0 Å². The van der Waals surface area contributed by atoms with Gasteiger partial charge >= 0.3 is 0 Å². The van der Waals surface area contributed by atoms with Crippen LogP contribution < -0.4 is 5.32 Å². The maximum absolute atomic E-state index is 6.22. The predicted molar refractivity (Wildman–Crippen MR) is 77.5 cm³/mol. The monoisotopic (exact) mass is 285 g/mol. The molecule has 5 nitrogen and oxygen atoms in total. The molecule has 1 aliphatic rings. The van der Waals surface area contributed by atoms with Gasteiger partial charge in [-0.25, -0.2) is 4.98 Å². The van der Waals surface area contributed by atoms with Crippen molar-refractivity contribution in [2.45, 2.75) is 13.1 Å². The van der Waals surface area contributed by atoms with Crippen molar-refractivity contribution in [2.24, 2.45) is 0 Å². The molecule has 0 amide bonds. The van der Waals surface area contributed by atoms with E-state index in [9.17, 15) is 0 Å². The van der Waals surface area contributed by atoms with E-state index in [1.165, 1.54) is 0 Å². The molecule has 2 aromatic heterocycles. The second kappa shape index (κ2) is 4.54. The number of halogens is 1. The van der Waals surface area contributed by atoms with Gasteiger partial charge in [0, 0.05) is 18.5 Å². The predicted octanol–water partition coefficient (Wildman–Crippen LogP) is 2.25. The molecular weight excluding hydrogens is 274 g/mol. The average molecular weight is 286 g/mol. The topological polar surface area (TPSA) is 55.6 Å². The van der Waals surface area contributed by atoms with Crippen molar-refractivity contribution in [3.05, 3.63) is 41.2 Å². The Labute approximate surface area is 120 Å². The number of para-hydroxylation sites is 1. The zero-order chi connectivity index (χ0) is 13.5. The van der Waals surface area contributed by atoms with Crippen LogP contribution in [-0.2, 0) is 13.1 Å². The van der Waals surface area contributed by atoms with Gasteiger partial charge in [-0.1, -0.05) is 29.8 Å². The SMILES string of the molecule is Clc1cccc2ccc(-c3nnc4n3CCNC4)nc12. The van der Waals surface area contributed by atoms with Crippen LogP contribution >= 0.6 is 11.6 Å². The van der Waals surface area contributed by atoms with Gasteiger partial charge in [-0.2, -0.15) is 0 Å². The number of fused-ring (bicyclic) bond motifs is 2. The summed E-state index contributed by atoms with van der Waals surface area (Å²) in [6.45, 7) is 2.54. The minimum atomic E-state index is 0.657. The first-order valence-corrected chi connectivity index (χ1v) is 6.89. The van der Waals surface area contributed by atoms with Crippen molar-refractivity contribution in [3.63, 3.8) is 0 Å². The lowest BCUT2D eigenvalue weighted by molar-refractivity contribution is 0.508. The molecule has 6 heteroatoms. The van der Waals surface area contributed by atoms with E-state index in [4.69, 9.17) is 11.6 Å². The fourth-order valence-corrected chi connectivity index (χ4v) is 2.74. The molecule has 1 aromatic carbocycles. The summed E-state index contributed by atoms with van der Waals surface area (Å²) >= 11 is 6.22. The Morgan fingerprint density at radius 2 is 2.10 bits per heavy atom. The number of pyridine rings is 1. The number of hydrogen-bond acceptors (Lipinski definition) is 4. The highest BCUT2D eigenvalue weighted by molar-refractivity contribution is 6.35.